The lowest BCUT2D eigenvalue weighted by atomic mass is 9.94. The van der Waals surface area contributed by atoms with Crippen molar-refractivity contribution in [3.8, 4) is 0 Å². The van der Waals surface area contributed by atoms with Gasteiger partial charge in [0.25, 0.3) is 0 Å². The Morgan fingerprint density at radius 1 is 1.38 bits per heavy atom. The number of hydrogen-bond acceptors (Lipinski definition) is 1. The van der Waals surface area contributed by atoms with Crippen LogP contribution in [0.25, 0.3) is 0 Å². The predicted octanol–water partition coefficient (Wildman–Crippen LogP) is 2.04. The maximum atomic E-state index is 4.00. The summed E-state index contributed by atoms with van der Waals surface area (Å²) in [5.41, 5.74) is 2.42. The van der Waals surface area contributed by atoms with Gasteiger partial charge in [0.15, 0.2) is 0 Å². The zero-order valence-electron chi connectivity index (χ0n) is 8.71. The third-order valence-electron chi connectivity index (χ3n) is 2.27. The van der Waals surface area contributed by atoms with Gasteiger partial charge in [0.1, 0.15) is 7.85 Å². The molecule has 0 fully saturated rings. The van der Waals surface area contributed by atoms with Crippen molar-refractivity contribution in [1.29, 1.82) is 0 Å². The van der Waals surface area contributed by atoms with Gasteiger partial charge in [-0.05, 0) is 18.7 Å². The van der Waals surface area contributed by atoms with Crippen LogP contribution in [0, 0.1) is 0 Å². The summed E-state index contributed by atoms with van der Waals surface area (Å²) in [6, 6.07) is 0. The highest BCUT2D eigenvalue weighted by atomic mass is 15.1. The van der Waals surface area contributed by atoms with Gasteiger partial charge in [0, 0.05) is 12.2 Å². The van der Waals surface area contributed by atoms with Crippen molar-refractivity contribution in [2.24, 2.45) is 0 Å². The normalized spacial score (nSPS) is 16.2. The van der Waals surface area contributed by atoms with Gasteiger partial charge in [-0.15, -0.1) is 0 Å². The SMILES string of the molecule is BC1=CN(CCCCC)C(=C)C=C1. The molecule has 0 aromatic rings. The van der Waals surface area contributed by atoms with E-state index in [1.807, 2.05) is 0 Å². The van der Waals surface area contributed by atoms with Gasteiger partial charge in [-0.1, -0.05) is 37.9 Å². The molecule has 0 N–H and O–H groups in total. The number of rotatable bonds is 4. The van der Waals surface area contributed by atoms with Gasteiger partial charge in [-0.2, -0.15) is 0 Å². The average Bonchev–Trinajstić information content (AvgIpc) is 2.11. The topological polar surface area (TPSA) is 3.24 Å². The average molecular weight is 175 g/mol. The second-order valence-corrected chi connectivity index (χ2v) is 3.60. The fourth-order valence-corrected chi connectivity index (χ4v) is 1.44. The molecular formula is C11H18BN. The van der Waals surface area contributed by atoms with Crippen LogP contribution in [0.4, 0.5) is 0 Å². The van der Waals surface area contributed by atoms with Gasteiger partial charge < -0.3 is 4.90 Å². The quantitative estimate of drug-likeness (QED) is 0.466. The highest BCUT2D eigenvalue weighted by Gasteiger charge is 2.05. The zero-order chi connectivity index (χ0) is 9.68. The summed E-state index contributed by atoms with van der Waals surface area (Å²) in [7, 11) is 2.12. The maximum Gasteiger partial charge on any atom is 0.141 e. The van der Waals surface area contributed by atoms with E-state index >= 15 is 0 Å². The summed E-state index contributed by atoms with van der Waals surface area (Å²) >= 11 is 0. The third-order valence-corrected chi connectivity index (χ3v) is 2.27. The van der Waals surface area contributed by atoms with Crippen LogP contribution in [0.15, 0.2) is 36.1 Å². The van der Waals surface area contributed by atoms with Crippen molar-refractivity contribution in [2.45, 2.75) is 26.2 Å². The van der Waals surface area contributed by atoms with Crippen LogP contribution in [-0.4, -0.2) is 19.3 Å². The van der Waals surface area contributed by atoms with Crippen LogP contribution < -0.4 is 0 Å². The fourth-order valence-electron chi connectivity index (χ4n) is 1.44. The van der Waals surface area contributed by atoms with E-state index in [-0.39, 0.29) is 0 Å². The van der Waals surface area contributed by atoms with Gasteiger partial charge in [-0.3, -0.25) is 0 Å². The van der Waals surface area contributed by atoms with Crippen LogP contribution in [0.1, 0.15) is 26.2 Å². The molecule has 0 saturated heterocycles. The molecule has 0 radical (unpaired) electrons. The monoisotopic (exact) mass is 175 g/mol. The fraction of sp³-hybridized carbons (Fsp3) is 0.455. The second-order valence-electron chi connectivity index (χ2n) is 3.60. The number of allylic oxidation sites excluding steroid dienone is 3. The summed E-state index contributed by atoms with van der Waals surface area (Å²) in [5, 5.41) is 0. The molecule has 2 heteroatoms. The summed E-state index contributed by atoms with van der Waals surface area (Å²) in [4.78, 5) is 2.24. The first-order chi connectivity index (χ1) is 6.24. The minimum absolute atomic E-state index is 1.11. The Morgan fingerprint density at radius 3 is 2.85 bits per heavy atom. The van der Waals surface area contributed by atoms with Crippen LogP contribution in [-0.2, 0) is 0 Å². The smallest absolute Gasteiger partial charge is 0.141 e. The Labute approximate surface area is 82.2 Å². The molecule has 0 atom stereocenters. The summed E-state index contributed by atoms with van der Waals surface area (Å²) in [5.74, 6) is 0. The Kier molecular flexibility index (Phi) is 3.87. The first-order valence-electron chi connectivity index (χ1n) is 5.06. The largest absolute Gasteiger partial charge is 0.349 e. The Morgan fingerprint density at radius 2 is 2.15 bits per heavy atom. The Bertz CT molecular complexity index is 240. The Hall–Kier alpha value is -0.915. The standard InChI is InChI=1S/C11H18BN/c1-3-4-5-8-13-9-11(12)7-6-10(13)2/h6-7,9H,2-5,8,12H2,1H3. The molecule has 0 saturated carbocycles. The molecule has 0 aliphatic carbocycles. The van der Waals surface area contributed by atoms with Gasteiger partial charge in [0.05, 0.1) is 0 Å². The number of nitrogens with zero attached hydrogens (tertiary/aromatic N) is 1. The molecule has 0 unspecified atom stereocenters. The van der Waals surface area contributed by atoms with Gasteiger partial charge in [0.2, 0.25) is 0 Å². The molecule has 13 heavy (non-hydrogen) atoms. The lowest BCUT2D eigenvalue weighted by Gasteiger charge is -2.24. The minimum atomic E-state index is 1.11. The zero-order valence-corrected chi connectivity index (χ0v) is 8.71. The molecule has 1 heterocycles. The predicted molar refractivity (Wildman–Crippen MR) is 61.1 cm³/mol. The van der Waals surface area contributed by atoms with Crippen molar-refractivity contribution in [3.05, 3.63) is 36.1 Å². The lowest BCUT2D eigenvalue weighted by molar-refractivity contribution is 0.451. The molecule has 1 aliphatic rings. The Balaban J connectivity index is 2.41. The van der Waals surface area contributed by atoms with Gasteiger partial charge >= 0.3 is 0 Å². The van der Waals surface area contributed by atoms with E-state index in [4.69, 9.17) is 0 Å². The van der Waals surface area contributed by atoms with Crippen molar-refractivity contribution >= 4 is 7.85 Å². The number of hydrogen-bond donors (Lipinski definition) is 0. The number of unbranched alkanes of at least 4 members (excludes halogenated alkanes) is 2. The molecular weight excluding hydrogens is 157 g/mol. The maximum absolute atomic E-state index is 4.00. The summed E-state index contributed by atoms with van der Waals surface area (Å²) in [6.45, 7) is 7.34. The molecule has 1 aliphatic heterocycles. The summed E-state index contributed by atoms with van der Waals surface area (Å²) < 4.78 is 0. The molecule has 0 bridgehead atoms. The second kappa shape index (κ2) is 4.95. The van der Waals surface area contributed by atoms with Crippen LogP contribution >= 0.6 is 0 Å². The van der Waals surface area contributed by atoms with Crippen LogP contribution in [0.3, 0.4) is 0 Å². The summed E-state index contributed by atoms with van der Waals surface area (Å²) in [6.07, 6.45) is 10.2. The van der Waals surface area contributed by atoms with Gasteiger partial charge in [-0.25, -0.2) is 0 Å². The lowest BCUT2D eigenvalue weighted by Crippen LogP contribution is -2.19. The van der Waals surface area contributed by atoms with E-state index in [0.29, 0.717) is 0 Å². The molecule has 0 spiro atoms. The van der Waals surface area contributed by atoms with E-state index in [2.05, 4.69) is 44.6 Å². The highest BCUT2D eigenvalue weighted by Crippen LogP contribution is 2.14. The minimum Gasteiger partial charge on any atom is -0.349 e. The van der Waals surface area contributed by atoms with E-state index in [1.165, 1.54) is 24.7 Å². The molecule has 0 aromatic carbocycles. The first kappa shape index (κ1) is 10.2. The molecule has 0 amide bonds. The molecule has 70 valence electrons. The van der Waals surface area contributed by atoms with Crippen LogP contribution in [0.2, 0.25) is 0 Å². The molecule has 1 nitrogen and oxygen atoms in total. The van der Waals surface area contributed by atoms with Crippen molar-refractivity contribution in [1.82, 2.24) is 4.90 Å². The third kappa shape index (κ3) is 3.13. The van der Waals surface area contributed by atoms with E-state index in [1.54, 1.807) is 0 Å². The highest BCUT2D eigenvalue weighted by molar-refractivity contribution is 6.23. The van der Waals surface area contributed by atoms with E-state index < -0.39 is 0 Å². The van der Waals surface area contributed by atoms with E-state index in [0.717, 1.165) is 12.2 Å². The van der Waals surface area contributed by atoms with Crippen molar-refractivity contribution < 1.29 is 0 Å². The molecule has 0 aromatic heterocycles. The first-order valence-corrected chi connectivity index (χ1v) is 5.06. The molecule has 1 rings (SSSR count). The van der Waals surface area contributed by atoms with Crippen molar-refractivity contribution in [2.75, 3.05) is 6.54 Å². The van der Waals surface area contributed by atoms with Crippen molar-refractivity contribution in [3.63, 3.8) is 0 Å². The van der Waals surface area contributed by atoms with E-state index in [9.17, 15) is 0 Å². The van der Waals surface area contributed by atoms with Crippen LogP contribution in [0.5, 0.6) is 0 Å².